The first-order valence-corrected chi connectivity index (χ1v) is 6.94. The summed E-state index contributed by atoms with van der Waals surface area (Å²) in [5, 5.41) is 0. The van der Waals surface area contributed by atoms with Gasteiger partial charge in [0.2, 0.25) is 0 Å². The largest absolute Gasteiger partial charge is 1.00 e. The van der Waals surface area contributed by atoms with Crippen LogP contribution in [-0.2, 0) is 0 Å². The molecule has 0 fully saturated rings. The third-order valence-electron chi connectivity index (χ3n) is 3.81. The van der Waals surface area contributed by atoms with Gasteiger partial charge in [-0.25, -0.2) is 8.78 Å². The molecule has 0 amide bonds. The molecule has 0 unspecified atom stereocenters. The second-order valence-corrected chi connectivity index (χ2v) is 6.02. The van der Waals surface area contributed by atoms with Crippen LogP contribution in [0.3, 0.4) is 0 Å². The summed E-state index contributed by atoms with van der Waals surface area (Å²) in [6, 6.07) is 0. The monoisotopic (exact) mass is 571 g/mol. The molecule has 0 aliphatic heterocycles. The van der Waals surface area contributed by atoms with Crippen molar-refractivity contribution >= 4 is 0 Å². The van der Waals surface area contributed by atoms with E-state index in [1.807, 2.05) is 0 Å². The highest BCUT2D eigenvalue weighted by Gasteiger charge is 2.98. The lowest BCUT2D eigenvalue weighted by Gasteiger charge is -2.44. The van der Waals surface area contributed by atoms with Crippen molar-refractivity contribution in [3.05, 3.63) is 0 Å². The van der Waals surface area contributed by atoms with Crippen LogP contribution in [0.1, 0.15) is 1.43 Å². The summed E-state index contributed by atoms with van der Waals surface area (Å²) in [5.74, 6) is -80.0. The molecule has 34 heavy (non-hydrogen) atoms. The SMILES string of the molecule is FC(F)C(F)(F)C(F)(F)C(F)(F)C(F)(F)C(F)(F)C(F)(F)C(F)(F)C(F)(F)C(F)(F)C(F)(F)F.[H+]. The smallest absolute Gasteiger partial charge is 0.203 e. The van der Waals surface area contributed by atoms with Crippen LogP contribution >= 0.6 is 0 Å². The van der Waals surface area contributed by atoms with Gasteiger partial charge in [-0.2, -0.15) is 92.2 Å². The molecular weight excluding hydrogens is 569 g/mol. The van der Waals surface area contributed by atoms with Crippen molar-refractivity contribution in [1.29, 1.82) is 0 Å². The fraction of sp³-hybridized carbons (Fsp3) is 1.00. The van der Waals surface area contributed by atoms with E-state index in [1.165, 1.54) is 0 Å². The second kappa shape index (κ2) is 7.69. The van der Waals surface area contributed by atoms with Crippen LogP contribution in [0.2, 0.25) is 0 Å². The van der Waals surface area contributed by atoms with E-state index >= 15 is 0 Å². The Hall–Kier alpha value is -1.61. The molecular formula is C11H2F23+. The van der Waals surface area contributed by atoms with Gasteiger partial charge in [-0.05, 0) is 0 Å². The zero-order chi connectivity index (χ0) is 28.6. The van der Waals surface area contributed by atoms with Crippen LogP contribution in [0, 0.1) is 0 Å². The summed E-state index contributed by atoms with van der Waals surface area (Å²) < 4.78 is 292. The predicted octanol–water partition coefficient (Wildman–Crippen LogP) is 7.64. The maximum Gasteiger partial charge on any atom is 1.00 e. The second-order valence-electron chi connectivity index (χ2n) is 6.02. The molecule has 0 rings (SSSR count). The van der Waals surface area contributed by atoms with E-state index in [9.17, 15) is 101 Å². The highest BCUT2D eigenvalue weighted by Crippen LogP contribution is 2.66. The van der Waals surface area contributed by atoms with Gasteiger partial charge in [-0.3, -0.25) is 0 Å². The first kappa shape index (κ1) is 32.4. The first-order valence-electron chi connectivity index (χ1n) is 6.94. The van der Waals surface area contributed by atoms with Gasteiger partial charge < -0.3 is 0 Å². The Balaban J connectivity index is 0. The summed E-state index contributed by atoms with van der Waals surface area (Å²) in [6.45, 7) is 0. The minimum Gasteiger partial charge on any atom is -0.203 e. The van der Waals surface area contributed by atoms with Crippen molar-refractivity contribution in [2.75, 3.05) is 0 Å². The van der Waals surface area contributed by atoms with Gasteiger partial charge in [0.25, 0.3) is 0 Å². The fourth-order valence-corrected chi connectivity index (χ4v) is 1.71. The third-order valence-corrected chi connectivity index (χ3v) is 3.81. The predicted molar refractivity (Wildman–Crippen MR) is 57.7 cm³/mol. The lowest BCUT2D eigenvalue weighted by Crippen LogP contribution is -2.77. The molecule has 0 spiro atoms. The van der Waals surface area contributed by atoms with E-state index in [2.05, 4.69) is 0 Å². The molecule has 23 heteroatoms. The Morgan fingerprint density at radius 3 is 0.647 bits per heavy atom. The average molecular weight is 571 g/mol. The lowest BCUT2D eigenvalue weighted by molar-refractivity contribution is -0.476. The minimum atomic E-state index is -9.33. The summed E-state index contributed by atoms with van der Waals surface area (Å²) in [7, 11) is 0. The molecule has 0 saturated carbocycles. The van der Waals surface area contributed by atoms with Gasteiger partial charge in [0, 0.05) is 0 Å². The molecule has 0 bridgehead atoms. The van der Waals surface area contributed by atoms with E-state index in [4.69, 9.17) is 0 Å². The fourth-order valence-electron chi connectivity index (χ4n) is 1.71. The summed E-state index contributed by atoms with van der Waals surface area (Å²) >= 11 is 0. The molecule has 0 aromatic heterocycles. The maximum atomic E-state index is 13.2. The van der Waals surface area contributed by atoms with Crippen LogP contribution in [0.25, 0.3) is 0 Å². The molecule has 0 aromatic carbocycles. The van der Waals surface area contributed by atoms with Crippen molar-refractivity contribution < 1.29 is 102 Å². The zero-order valence-corrected chi connectivity index (χ0v) is 14.3. The maximum absolute atomic E-state index is 13.2. The van der Waals surface area contributed by atoms with Crippen molar-refractivity contribution in [1.82, 2.24) is 0 Å². The van der Waals surface area contributed by atoms with Gasteiger partial charge in [0.05, 0.1) is 0 Å². The topological polar surface area (TPSA) is 0 Å². The van der Waals surface area contributed by atoms with E-state index in [0.29, 0.717) is 0 Å². The van der Waals surface area contributed by atoms with Gasteiger partial charge in [-0.1, -0.05) is 0 Å². The average Bonchev–Trinajstić information content (AvgIpc) is 2.58. The minimum absolute atomic E-state index is 0. The number of hydrogen-bond acceptors (Lipinski definition) is 0. The quantitative estimate of drug-likeness (QED) is 0.250. The number of rotatable bonds is 9. The molecule has 0 atom stereocenters. The van der Waals surface area contributed by atoms with Gasteiger partial charge >= 0.3 is 67.3 Å². The van der Waals surface area contributed by atoms with Crippen LogP contribution in [0.15, 0.2) is 0 Å². The van der Waals surface area contributed by atoms with Crippen molar-refractivity contribution in [2.24, 2.45) is 0 Å². The normalized spacial score (nSPS) is 16.9. The van der Waals surface area contributed by atoms with Crippen molar-refractivity contribution in [3.8, 4) is 0 Å². The van der Waals surface area contributed by atoms with Crippen molar-refractivity contribution in [3.63, 3.8) is 0 Å². The number of alkyl halides is 23. The van der Waals surface area contributed by atoms with E-state index < -0.39 is 65.9 Å². The molecule has 0 heterocycles. The summed E-state index contributed by atoms with van der Waals surface area (Å²) in [4.78, 5) is 0. The van der Waals surface area contributed by atoms with Crippen LogP contribution in [0.4, 0.5) is 101 Å². The van der Waals surface area contributed by atoms with E-state index in [1.54, 1.807) is 0 Å². The molecule has 0 radical (unpaired) electrons. The summed E-state index contributed by atoms with van der Waals surface area (Å²) in [5.41, 5.74) is 0. The molecule has 206 valence electrons. The Kier molecular flexibility index (Phi) is 7.33. The Morgan fingerprint density at radius 2 is 0.471 bits per heavy atom. The highest BCUT2D eigenvalue weighted by molar-refractivity contribution is 5.18. The molecule has 0 aliphatic rings. The Labute approximate surface area is 170 Å². The van der Waals surface area contributed by atoms with E-state index in [0.717, 1.165) is 0 Å². The Bertz CT molecular complexity index is 743. The van der Waals surface area contributed by atoms with Crippen molar-refractivity contribution in [2.45, 2.75) is 65.9 Å². The van der Waals surface area contributed by atoms with Gasteiger partial charge in [-0.15, -0.1) is 0 Å². The lowest BCUT2D eigenvalue weighted by atomic mass is 9.86. The van der Waals surface area contributed by atoms with Crippen LogP contribution < -0.4 is 0 Å². The summed E-state index contributed by atoms with van der Waals surface area (Å²) in [6.07, 6.45) is -14.3. The van der Waals surface area contributed by atoms with Crippen LogP contribution in [0.5, 0.6) is 0 Å². The Morgan fingerprint density at radius 1 is 0.294 bits per heavy atom. The number of hydrogen-bond donors (Lipinski definition) is 0. The van der Waals surface area contributed by atoms with Crippen LogP contribution in [-0.4, -0.2) is 65.9 Å². The first-order chi connectivity index (χ1) is 14.2. The molecule has 0 saturated heterocycles. The van der Waals surface area contributed by atoms with E-state index in [-0.39, 0.29) is 1.43 Å². The zero-order valence-electron chi connectivity index (χ0n) is 15.3. The van der Waals surface area contributed by atoms with Gasteiger partial charge in [0.1, 0.15) is 0 Å². The molecule has 0 N–H and O–H groups in total. The highest BCUT2D eigenvalue weighted by atomic mass is 19.4. The molecule has 0 aromatic rings. The standard InChI is InChI=1S/C11HF23/c12-1(13)2(14,15)3(16,17)4(18,19)5(20,21)6(22,23)7(24,25)8(26,27)9(28,29)10(30,31)11(32,33)34/h1H/p+1. The molecule has 0 nitrogen and oxygen atoms in total. The van der Waals surface area contributed by atoms with Gasteiger partial charge in [0.15, 0.2) is 0 Å². The number of halogens is 23. The molecule has 0 aliphatic carbocycles. The third kappa shape index (κ3) is 3.60.